The third-order valence-electron chi connectivity index (χ3n) is 5.31. The number of para-hydroxylation sites is 3. The minimum absolute atomic E-state index is 1.18. The molecule has 0 spiro atoms. The van der Waals surface area contributed by atoms with Crippen molar-refractivity contribution in [2.45, 2.75) is 0 Å². The number of H-pyrrole nitrogens is 1. The molecule has 122 valence electrons. The predicted molar refractivity (Wildman–Crippen MR) is 110 cm³/mol. The van der Waals surface area contributed by atoms with Crippen molar-refractivity contribution < 1.29 is 0 Å². The van der Waals surface area contributed by atoms with Gasteiger partial charge >= 0.3 is 0 Å². The van der Waals surface area contributed by atoms with Gasteiger partial charge in [0.05, 0.1) is 11.0 Å². The van der Waals surface area contributed by atoms with Crippen LogP contribution in [-0.2, 0) is 0 Å². The fourth-order valence-corrected chi connectivity index (χ4v) is 4.17. The quantitative estimate of drug-likeness (QED) is 0.359. The highest BCUT2D eigenvalue weighted by atomic mass is 15.0. The normalized spacial score (nSPS) is 11.8. The van der Waals surface area contributed by atoms with E-state index in [1.165, 1.54) is 49.3 Å². The molecule has 0 saturated heterocycles. The standard InChI is InChI=1S/C24H16N2/c1-2-8-16(9-3-1)26-23-13-7-5-11-18(23)20-14-19-17-10-4-6-12-21(17)25-22(19)15-24(20)26/h1-15,25H. The van der Waals surface area contributed by atoms with Crippen LogP contribution in [0.1, 0.15) is 0 Å². The lowest BCUT2D eigenvalue weighted by Crippen LogP contribution is -1.92. The highest BCUT2D eigenvalue weighted by Crippen LogP contribution is 2.36. The molecule has 6 rings (SSSR count). The maximum Gasteiger partial charge on any atom is 0.0562 e. The van der Waals surface area contributed by atoms with Gasteiger partial charge in [0.2, 0.25) is 0 Å². The van der Waals surface area contributed by atoms with E-state index in [9.17, 15) is 0 Å². The van der Waals surface area contributed by atoms with Crippen molar-refractivity contribution in [3.63, 3.8) is 0 Å². The SMILES string of the molecule is c1ccc(-n2c3ccccc3c3cc4c(cc32)[nH]c2ccccc24)cc1. The fraction of sp³-hybridized carbons (Fsp3) is 0. The molecule has 0 fully saturated rings. The van der Waals surface area contributed by atoms with Gasteiger partial charge in [0.1, 0.15) is 0 Å². The van der Waals surface area contributed by atoms with Crippen LogP contribution in [0.5, 0.6) is 0 Å². The molecule has 6 aromatic rings. The number of hydrogen-bond acceptors (Lipinski definition) is 0. The Bertz CT molecular complexity index is 1420. The molecule has 0 aliphatic heterocycles. The summed E-state index contributed by atoms with van der Waals surface area (Å²) in [6, 6.07) is 32.4. The molecule has 2 nitrogen and oxygen atoms in total. The van der Waals surface area contributed by atoms with Crippen LogP contribution in [0.4, 0.5) is 0 Å². The van der Waals surface area contributed by atoms with Crippen molar-refractivity contribution in [1.29, 1.82) is 0 Å². The van der Waals surface area contributed by atoms with E-state index in [1.807, 2.05) is 0 Å². The highest BCUT2D eigenvalue weighted by Gasteiger charge is 2.14. The number of nitrogens with one attached hydrogen (secondary N) is 1. The number of aromatic nitrogens is 2. The van der Waals surface area contributed by atoms with Crippen molar-refractivity contribution >= 4 is 43.6 Å². The molecule has 0 amide bonds. The lowest BCUT2D eigenvalue weighted by molar-refractivity contribution is 1.18. The van der Waals surface area contributed by atoms with Crippen LogP contribution in [0, 0.1) is 0 Å². The second kappa shape index (κ2) is 4.99. The van der Waals surface area contributed by atoms with Crippen molar-refractivity contribution in [2.75, 3.05) is 0 Å². The van der Waals surface area contributed by atoms with Gasteiger partial charge in [-0.25, -0.2) is 0 Å². The minimum Gasteiger partial charge on any atom is -0.354 e. The van der Waals surface area contributed by atoms with Gasteiger partial charge in [-0.2, -0.15) is 0 Å². The van der Waals surface area contributed by atoms with Crippen molar-refractivity contribution in [2.24, 2.45) is 0 Å². The van der Waals surface area contributed by atoms with Gasteiger partial charge in [-0.05, 0) is 36.4 Å². The van der Waals surface area contributed by atoms with Gasteiger partial charge in [0.25, 0.3) is 0 Å². The molecule has 0 aliphatic carbocycles. The van der Waals surface area contributed by atoms with Crippen LogP contribution in [0.25, 0.3) is 49.3 Å². The Kier molecular flexibility index (Phi) is 2.64. The predicted octanol–water partition coefficient (Wildman–Crippen LogP) is 6.42. The summed E-state index contributed by atoms with van der Waals surface area (Å²) < 4.78 is 2.36. The Morgan fingerprint density at radius 3 is 2.12 bits per heavy atom. The molecule has 0 radical (unpaired) electrons. The Balaban J connectivity index is 1.85. The number of nitrogens with zero attached hydrogens (tertiary/aromatic N) is 1. The highest BCUT2D eigenvalue weighted by molar-refractivity contribution is 6.18. The number of fused-ring (bicyclic) bond motifs is 6. The Hall–Kier alpha value is -3.52. The second-order valence-electron chi connectivity index (χ2n) is 6.77. The zero-order valence-corrected chi connectivity index (χ0v) is 14.1. The summed E-state index contributed by atoms with van der Waals surface area (Å²) in [6.07, 6.45) is 0. The average Bonchev–Trinajstić information content (AvgIpc) is 3.22. The molecular formula is C24H16N2. The summed E-state index contributed by atoms with van der Waals surface area (Å²) in [5, 5.41) is 5.14. The average molecular weight is 332 g/mol. The first-order valence-corrected chi connectivity index (χ1v) is 8.89. The number of benzene rings is 4. The lowest BCUT2D eigenvalue weighted by atomic mass is 10.1. The molecule has 1 N–H and O–H groups in total. The van der Waals surface area contributed by atoms with Crippen LogP contribution >= 0.6 is 0 Å². The topological polar surface area (TPSA) is 20.7 Å². The van der Waals surface area contributed by atoms with Crippen molar-refractivity contribution in [3.05, 3.63) is 91.0 Å². The first kappa shape index (κ1) is 13.7. The minimum atomic E-state index is 1.18. The summed E-state index contributed by atoms with van der Waals surface area (Å²) in [7, 11) is 0. The van der Waals surface area contributed by atoms with Gasteiger partial charge < -0.3 is 9.55 Å². The first-order chi connectivity index (χ1) is 12.9. The third kappa shape index (κ3) is 1.76. The molecule has 2 aromatic heterocycles. The number of hydrogen-bond donors (Lipinski definition) is 1. The van der Waals surface area contributed by atoms with E-state index >= 15 is 0 Å². The third-order valence-corrected chi connectivity index (χ3v) is 5.31. The second-order valence-corrected chi connectivity index (χ2v) is 6.77. The van der Waals surface area contributed by atoms with Gasteiger partial charge in [-0.1, -0.05) is 54.6 Å². The van der Waals surface area contributed by atoms with Crippen LogP contribution < -0.4 is 0 Å². The van der Waals surface area contributed by atoms with E-state index in [4.69, 9.17) is 0 Å². The van der Waals surface area contributed by atoms with Gasteiger partial charge in [-0.3, -0.25) is 0 Å². The van der Waals surface area contributed by atoms with Crippen molar-refractivity contribution in [1.82, 2.24) is 9.55 Å². The molecule has 2 heterocycles. The molecule has 26 heavy (non-hydrogen) atoms. The molecule has 0 bridgehead atoms. The van der Waals surface area contributed by atoms with E-state index in [0.29, 0.717) is 0 Å². The zero-order valence-electron chi connectivity index (χ0n) is 14.1. The van der Waals surface area contributed by atoms with Crippen LogP contribution in [-0.4, -0.2) is 9.55 Å². The van der Waals surface area contributed by atoms with Crippen LogP contribution in [0.15, 0.2) is 91.0 Å². The summed E-state index contributed by atoms with van der Waals surface area (Å²) in [5.74, 6) is 0. The Morgan fingerprint density at radius 2 is 1.23 bits per heavy atom. The van der Waals surface area contributed by atoms with E-state index in [2.05, 4.69) is 101 Å². The van der Waals surface area contributed by atoms with Crippen molar-refractivity contribution in [3.8, 4) is 5.69 Å². The lowest BCUT2D eigenvalue weighted by Gasteiger charge is -2.07. The van der Waals surface area contributed by atoms with E-state index in [0.717, 1.165) is 0 Å². The summed E-state index contributed by atoms with van der Waals surface area (Å²) in [4.78, 5) is 3.58. The zero-order chi connectivity index (χ0) is 17.1. The van der Waals surface area contributed by atoms with E-state index < -0.39 is 0 Å². The Morgan fingerprint density at radius 1 is 0.500 bits per heavy atom. The fourth-order valence-electron chi connectivity index (χ4n) is 4.17. The number of aromatic amines is 1. The summed E-state index contributed by atoms with van der Waals surface area (Å²) in [6.45, 7) is 0. The molecular weight excluding hydrogens is 316 g/mol. The van der Waals surface area contributed by atoms with E-state index in [-0.39, 0.29) is 0 Å². The summed E-state index contributed by atoms with van der Waals surface area (Å²) >= 11 is 0. The molecule has 0 aliphatic rings. The molecule has 4 aromatic carbocycles. The van der Waals surface area contributed by atoms with Crippen LogP contribution in [0.2, 0.25) is 0 Å². The maximum absolute atomic E-state index is 3.58. The molecule has 0 unspecified atom stereocenters. The molecule has 2 heteroatoms. The van der Waals surface area contributed by atoms with Gasteiger partial charge in [0, 0.05) is 38.3 Å². The van der Waals surface area contributed by atoms with E-state index in [1.54, 1.807) is 0 Å². The summed E-state index contributed by atoms with van der Waals surface area (Å²) in [5.41, 5.74) is 6.03. The van der Waals surface area contributed by atoms with Crippen LogP contribution in [0.3, 0.4) is 0 Å². The van der Waals surface area contributed by atoms with Gasteiger partial charge in [-0.15, -0.1) is 0 Å². The molecule has 0 atom stereocenters. The van der Waals surface area contributed by atoms with Gasteiger partial charge in [0.15, 0.2) is 0 Å². The Labute approximate surface area is 150 Å². The smallest absolute Gasteiger partial charge is 0.0562 e. The monoisotopic (exact) mass is 332 g/mol. The first-order valence-electron chi connectivity index (χ1n) is 8.89. The number of rotatable bonds is 1. The largest absolute Gasteiger partial charge is 0.354 e. The molecule has 0 saturated carbocycles. The maximum atomic E-state index is 3.58.